The Balaban J connectivity index is 1.50. The summed E-state index contributed by atoms with van der Waals surface area (Å²) in [6.07, 6.45) is 1.83. The Hall–Kier alpha value is -3.02. The zero-order chi connectivity index (χ0) is 20.9. The molecule has 0 unspecified atom stereocenters. The van der Waals surface area contributed by atoms with E-state index in [0.717, 1.165) is 16.7 Å². The van der Waals surface area contributed by atoms with Crippen LogP contribution in [0.2, 0.25) is 0 Å². The van der Waals surface area contributed by atoms with E-state index in [2.05, 4.69) is 10.6 Å². The van der Waals surface area contributed by atoms with Gasteiger partial charge in [0.05, 0.1) is 14.2 Å². The number of rotatable bonds is 9. The summed E-state index contributed by atoms with van der Waals surface area (Å²) in [7, 11) is 3.19. The number of aryl methyl sites for hydroxylation is 1. The van der Waals surface area contributed by atoms with Crippen molar-refractivity contribution in [3.63, 3.8) is 0 Å². The van der Waals surface area contributed by atoms with E-state index >= 15 is 0 Å². The highest BCUT2D eigenvalue weighted by molar-refractivity contribution is 6.07. The Bertz CT molecular complexity index is 890. The van der Waals surface area contributed by atoms with Crippen molar-refractivity contribution in [1.82, 2.24) is 10.6 Å². The van der Waals surface area contributed by atoms with Gasteiger partial charge in [-0.3, -0.25) is 9.59 Å². The van der Waals surface area contributed by atoms with E-state index in [0.29, 0.717) is 43.9 Å². The van der Waals surface area contributed by atoms with E-state index in [4.69, 9.17) is 9.47 Å². The number of benzene rings is 2. The van der Waals surface area contributed by atoms with Gasteiger partial charge in [-0.1, -0.05) is 35.9 Å². The zero-order valence-corrected chi connectivity index (χ0v) is 17.2. The molecule has 1 aliphatic carbocycles. The van der Waals surface area contributed by atoms with E-state index < -0.39 is 5.41 Å². The topological polar surface area (TPSA) is 76.7 Å². The largest absolute Gasteiger partial charge is 0.493 e. The van der Waals surface area contributed by atoms with Crippen molar-refractivity contribution in [2.75, 3.05) is 20.8 Å². The van der Waals surface area contributed by atoms with Gasteiger partial charge in [-0.05, 0) is 49.4 Å². The molecule has 0 atom stereocenters. The van der Waals surface area contributed by atoms with Gasteiger partial charge in [-0.25, -0.2) is 0 Å². The Morgan fingerprint density at radius 3 is 2.31 bits per heavy atom. The molecule has 3 rings (SSSR count). The molecule has 1 saturated carbocycles. The molecule has 2 amide bonds. The van der Waals surface area contributed by atoms with Crippen LogP contribution in [0.25, 0.3) is 0 Å². The summed E-state index contributed by atoms with van der Waals surface area (Å²) in [5.74, 6) is 0.940. The molecular weight excluding hydrogens is 368 g/mol. The van der Waals surface area contributed by atoms with E-state index in [-0.39, 0.29) is 11.8 Å². The summed E-state index contributed by atoms with van der Waals surface area (Å²) < 4.78 is 10.5. The predicted molar refractivity (Wildman–Crippen MR) is 111 cm³/mol. The fraction of sp³-hybridized carbons (Fsp3) is 0.391. The van der Waals surface area contributed by atoms with E-state index in [1.54, 1.807) is 14.2 Å². The van der Waals surface area contributed by atoms with Crippen molar-refractivity contribution in [2.24, 2.45) is 5.41 Å². The van der Waals surface area contributed by atoms with Crippen LogP contribution < -0.4 is 20.1 Å². The lowest BCUT2D eigenvalue weighted by atomic mass is 10.0. The second kappa shape index (κ2) is 8.99. The predicted octanol–water partition coefficient (Wildman–Crippen LogP) is 2.77. The lowest BCUT2D eigenvalue weighted by Crippen LogP contribution is -2.43. The lowest BCUT2D eigenvalue weighted by molar-refractivity contribution is -0.137. The molecule has 2 aromatic carbocycles. The first-order valence-electron chi connectivity index (χ1n) is 9.81. The molecule has 0 bridgehead atoms. The summed E-state index contributed by atoms with van der Waals surface area (Å²) in [4.78, 5) is 25.2. The third-order valence-corrected chi connectivity index (χ3v) is 5.30. The van der Waals surface area contributed by atoms with Gasteiger partial charge in [-0.15, -0.1) is 0 Å². The Morgan fingerprint density at radius 2 is 1.66 bits per heavy atom. The molecule has 29 heavy (non-hydrogen) atoms. The molecule has 2 aromatic rings. The molecule has 2 N–H and O–H groups in total. The third kappa shape index (κ3) is 4.88. The molecule has 154 valence electrons. The smallest absolute Gasteiger partial charge is 0.235 e. The monoisotopic (exact) mass is 396 g/mol. The van der Waals surface area contributed by atoms with Crippen LogP contribution in [0.1, 0.15) is 29.5 Å². The maximum absolute atomic E-state index is 12.6. The fourth-order valence-corrected chi connectivity index (χ4v) is 3.38. The number of amides is 2. The Kier molecular flexibility index (Phi) is 6.42. The molecule has 1 fully saturated rings. The SMILES string of the molecule is COc1ccc(CCNC(=O)C2(C(=O)NCc3cccc(C)c3)CC2)cc1OC. The highest BCUT2D eigenvalue weighted by Crippen LogP contribution is 2.46. The molecule has 0 saturated heterocycles. The maximum atomic E-state index is 12.6. The van der Waals surface area contributed by atoms with Gasteiger partial charge in [0.25, 0.3) is 0 Å². The molecular formula is C23H28N2O4. The van der Waals surface area contributed by atoms with Crippen molar-refractivity contribution in [2.45, 2.75) is 32.7 Å². The van der Waals surface area contributed by atoms with Crippen molar-refractivity contribution < 1.29 is 19.1 Å². The number of methoxy groups -OCH3 is 2. The first-order chi connectivity index (χ1) is 14.0. The van der Waals surface area contributed by atoms with E-state index in [9.17, 15) is 9.59 Å². The van der Waals surface area contributed by atoms with E-state index in [1.165, 1.54) is 0 Å². The second-order valence-electron chi connectivity index (χ2n) is 7.45. The van der Waals surface area contributed by atoms with Gasteiger partial charge in [0.1, 0.15) is 5.41 Å². The van der Waals surface area contributed by atoms with Gasteiger partial charge < -0.3 is 20.1 Å². The number of nitrogens with one attached hydrogen (secondary N) is 2. The number of hydrogen-bond acceptors (Lipinski definition) is 4. The molecule has 0 heterocycles. The second-order valence-corrected chi connectivity index (χ2v) is 7.45. The Morgan fingerprint density at radius 1 is 0.931 bits per heavy atom. The Labute approximate surface area is 171 Å². The summed E-state index contributed by atoms with van der Waals surface area (Å²) in [5, 5.41) is 5.83. The minimum Gasteiger partial charge on any atom is -0.493 e. The molecule has 1 aliphatic rings. The molecule has 0 aliphatic heterocycles. The molecule has 6 heteroatoms. The minimum atomic E-state index is -0.915. The minimum absolute atomic E-state index is 0.192. The number of hydrogen-bond donors (Lipinski definition) is 2. The zero-order valence-electron chi connectivity index (χ0n) is 17.2. The molecule has 0 radical (unpaired) electrons. The van der Waals surface area contributed by atoms with Crippen molar-refractivity contribution in [3.8, 4) is 11.5 Å². The number of ether oxygens (including phenoxy) is 2. The summed E-state index contributed by atoms with van der Waals surface area (Å²) >= 11 is 0. The molecule has 0 aromatic heterocycles. The van der Waals surface area contributed by atoms with Gasteiger partial charge in [0.2, 0.25) is 11.8 Å². The van der Waals surface area contributed by atoms with Crippen molar-refractivity contribution in [3.05, 3.63) is 59.2 Å². The quantitative estimate of drug-likeness (QED) is 0.639. The van der Waals surface area contributed by atoms with Crippen LogP contribution in [0.5, 0.6) is 11.5 Å². The standard InChI is InChI=1S/C23H28N2O4/c1-16-5-4-6-18(13-16)15-25-22(27)23(10-11-23)21(26)24-12-9-17-7-8-19(28-2)20(14-17)29-3/h4-8,13-14H,9-12,15H2,1-3H3,(H,24,26)(H,25,27). The first-order valence-corrected chi connectivity index (χ1v) is 9.81. The molecule has 0 spiro atoms. The first kappa shape index (κ1) is 20.7. The summed E-state index contributed by atoms with van der Waals surface area (Å²) in [6.45, 7) is 2.90. The van der Waals surface area contributed by atoms with Crippen LogP contribution in [0, 0.1) is 12.3 Å². The van der Waals surface area contributed by atoms with Gasteiger partial charge in [0.15, 0.2) is 11.5 Å². The summed E-state index contributed by atoms with van der Waals surface area (Å²) in [6, 6.07) is 13.7. The average Bonchev–Trinajstić information content (AvgIpc) is 3.54. The van der Waals surface area contributed by atoms with Crippen molar-refractivity contribution in [1.29, 1.82) is 0 Å². The van der Waals surface area contributed by atoms with Crippen molar-refractivity contribution >= 4 is 11.8 Å². The normalized spacial score (nSPS) is 14.0. The fourth-order valence-electron chi connectivity index (χ4n) is 3.38. The lowest BCUT2D eigenvalue weighted by Gasteiger charge is -2.16. The van der Waals surface area contributed by atoms with Crippen LogP contribution in [0.15, 0.2) is 42.5 Å². The molecule has 6 nitrogen and oxygen atoms in total. The average molecular weight is 396 g/mol. The number of carbonyl (C=O) groups is 2. The number of carbonyl (C=O) groups excluding carboxylic acids is 2. The summed E-state index contributed by atoms with van der Waals surface area (Å²) in [5.41, 5.74) is 2.28. The van der Waals surface area contributed by atoms with Crippen LogP contribution in [-0.2, 0) is 22.6 Å². The highest BCUT2D eigenvalue weighted by Gasteiger charge is 2.56. The third-order valence-electron chi connectivity index (χ3n) is 5.30. The van der Waals surface area contributed by atoms with Gasteiger partial charge in [-0.2, -0.15) is 0 Å². The highest BCUT2D eigenvalue weighted by atomic mass is 16.5. The van der Waals surface area contributed by atoms with Crippen LogP contribution in [0.4, 0.5) is 0 Å². The van der Waals surface area contributed by atoms with Crippen LogP contribution in [0.3, 0.4) is 0 Å². The van der Waals surface area contributed by atoms with Gasteiger partial charge in [0, 0.05) is 13.1 Å². The maximum Gasteiger partial charge on any atom is 0.235 e. The van der Waals surface area contributed by atoms with Crippen LogP contribution in [-0.4, -0.2) is 32.6 Å². The van der Waals surface area contributed by atoms with E-state index in [1.807, 2.05) is 49.4 Å². The van der Waals surface area contributed by atoms with Crippen LogP contribution >= 0.6 is 0 Å². The van der Waals surface area contributed by atoms with Gasteiger partial charge >= 0.3 is 0 Å².